The lowest BCUT2D eigenvalue weighted by Crippen LogP contribution is -2.25. The molecule has 0 N–H and O–H groups in total. The second-order valence-electron chi connectivity index (χ2n) is 6.26. The van der Waals surface area contributed by atoms with Gasteiger partial charge in [-0.1, -0.05) is 12.1 Å². The lowest BCUT2D eigenvalue weighted by Gasteiger charge is -2.07. The predicted octanol–water partition coefficient (Wildman–Crippen LogP) is 3.30. The predicted molar refractivity (Wildman–Crippen MR) is 97.9 cm³/mol. The quantitative estimate of drug-likeness (QED) is 0.525. The zero-order chi connectivity index (χ0) is 20.7. The van der Waals surface area contributed by atoms with Gasteiger partial charge >= 0.3 is 6.61 Å². The Bertz CT molecular complexity index is 1270. The van der Waals surface area contributed by atoms with E-state index in [0.29, 0.717) is 27.9 Å². The first-order chi connectivity index (χ1) is 13.9. The summed E-state index contributed by atoms with van der Waals surface area (Å²) in [5.74, 6) is -0.682. The molecular weight excluding hydrogens is 387 g/mol. The summed E-state index contributed by atoms with van der Waals surface area (Å²) in [5.41, 5.74) is 2.46. The van der Waals surface area contributed by atoms with Crippen LogP contribution in [0.5, 0.6) is 5.75 Å². The standard InChI is InChI=1S/C19H14F3N5O2/c1-10-15(12-4-3-5-14(6-12)29-18(21)22)11(2)26-9-25-27(17(28)16(10)26)19-23-7-13(20)8-24-19/h3-9,18H,1-2H3. The molecule has 0 radical (unpaired) electrons. The largest absolute Gasteiger partial charge is 0.435 e. The molecule has 1 aromatic carbocycles. The van der Waals surface area contributed by atoms with Crippen LogP contribution in [0.15, 0.2) is 47.8 Å². The lowest BCUT2D eigenvalue weighted by molar-refractivity contribution is -0.0498. The van der Waals surface area contributed by atoms with Gasteiger partial charge in [-0.2, -0.15) is 18.6 Å². The summed E-state index contributed by atoms with van der Waals surface area (Å²) in [6.07, 6.45) is 3.31. The van der Waals surface area contributed by atoms with E-state index in [9.17, 15) is 18.0 Å². The number of fused-ring (bicyclic) bond motifs is 1. The van der Waals surface area contributed by atoms with E-state index in [1.165, 1.54) is 18.5 Å². The molecule has 29 heavy (non-hydrogen) atoms. The van der Waals surface area contributed by atoms with Gasteiger partial charge in [0.05, 0.1) is 12.4 Å². The monoisotopic (exact) mass is 401 g/mol. The van der Waals surface area contributed by atoms with Crippen molar-refractivity contribution in [3.8, 4) is 22.8 Å². The second-order valence-corrected chi connectivity index (χ2v) is 6.26. The number of hydrogen-bond donors (Lipinski definition) is 0. The molecule has 0 saturated heterocycles. The lowest BCUT2D eigenvalue weighted by atomic mass is 10.0. The number of rotatable bonds is 4. The van der Waals surface area contributed by atoms with Gasteiger partial charge in [0.25, 0.3) is 11.5 Å². The highest BCUT2D eigenvalue weighted by atomic mass is 19.3. The van der Waals surface area contributed by atoms with E-state index in [4.69, 9.17) is 0 Å². The number of halogens is 3. The van der Waals surface area contributed by atoms with Crippen molar-refractivity contribution < 1.29 is 17.9 Å². The smallest absolute Gasteiger partial charge is 0.387 e. The molecule has 3 heterocycles. The van der Waals surface area contributed by atoms with Crippen molar-refractivity contribution in [2.45, 2.75) is 20.5 Å². The van der Waals surface area contributed by atoms with Crippen molar-refractivity contribution >= 4 is 5.52 Å². The second kappa shape index (κ2) is 7.04. The third-order valence-electron chi connectivity index (χ3n) is 4.52. The van der Waals surface area contributed by atoms with E-state index in [0.717, 1.165) is 17.1 Å². The molecule has 0 unspecified atom stereocenters. The molecule has 0 atom stereocenters. The van der Waals surface area contributed by atoms with Crippen LogP contribution in [-0.4, -0.2) is 30.8 Å². The van der Waals surface area contributed by atoms with Gasteiger partial charge in [0.2, 0.25) is 0 Å². The molecule has 0 aliphatic rings. The minimum atomic E-state index is -2.94. The SMILES string of the molecule is Cc1c(-c2cccc(OC(F)F)c2)c(C)n2cnn(-c3ncc(F)cn3)c(=O)c12. The minimum Gasteiger partial charge on any atom is -0.435 e. The van der Waals surface area contributed by atoms with Crippen LogP contribution in [0.2, 0.25) is 0 Å². The molecule has 3 aromatic heterocycles. The third kappa shape index (κ3) is 3.22. The molecule has 0 aliphatic heterocycles. The van der Waals surface area contributed by atoms with Crippen molar-refractivity contribution in [3.63, 3.8) is 0 Å². The van der Waals surface area contributed by atoms with E-state index in [1.807, 2.05) is 0 Å². The van der Waals surface area contributed by atoms with E-state index in [2.05, 4.69) is 19.8 Å². The van der Waals surface area contributed by atoms with Crippen molar-refractivity contribution in [3.05, 3.63) is 70.4 Å². The average molecular weight is 401 g/mol. The van der Waals surface area contributed by atoms with E-state index in [1.54, 1.807) is 30.4 Å². The maximum Gasteiger partial charge on any atom is 0.387 e. The molecule has 10 heteroatoms. The number of aromatic nitrogens is 5. The molecule has 0 bridgehead atoms. The summed E-state index contributed by atoms with van der Waals surface area (Å²) in [5, 5.41) is 4.07. The van der Waals surface area contributed by atoms with Gasteiger partial charge in [-0.15, -0.1) is 0 Å². The first-order valence-electron chi connectivity index (χ1n) is 8.49. The van der Waals surface area contributed by atoms with Crippen LogP contribution in [0.25, 0.3) is 22.6 Å². The van der Waals surface area contributed by atoms with Gasteiger partial charge in [-0.25, -0.2) is 14.4 Å². The molecule has 0 saturated carbocycles. The van der Waals surface area contributed by atoms with Crippen LogP contribution in [0.1, 0.15) is 11.3 Å². The number of ether oxygens (including phenoxy) is 1. The van der Waals surface area contributed by atoms with Crippen LogP contribution >= 0.6 is 0 Å². The fourth-order valence-corrected chi connectivity index (χ4v) is 3.33. The Hall–Kier alpha value is -3.69. The first kappa shape index (κ1) is 18.7. The number of nitrogens with zero attached hydrogens (tertiary/aromatic N) is 5. The Balaban J connectivity index is 1.91. The summed E-state index contributed by atoms with van der Waals surface area (Å²) in [6.45, 7) is 0.596. The Labute approximate surface area is 162 Å². The van der Waals surface area contributed by atoms with Crippen LogP contribution in [0.4, 0.5) is 13.2 Å². The van der Waals surface area contributed by atoms with E-state index in [-0.39, 0.29) is 11.7 Å². The Morgan fingerprint density at radius 3 is 2.55 bits per heavy atom. The van der Waals surface area contributed by atoms with Crippen LogP contribution < -0.4 is 10.3 Å². The number of hydrogen-bond acceptors (Lipinski definition) is 5. The van der Waals surface area contributed by atoms with Crippen molar-refractivity contribution in [1.82, 2.24) is 24.1 Å². The molecule has 0 fully saturated rings. The summed E-state index contributed by atoms with van der Waals surface area (Å²) in [6, 6.07) is 6.24. The number of alkyl halides is 2. The number of aryl methyl sites for hydroxylation is 2. The first-order valence-corrected chi connectivity index (χ1v) is 8.49. The molecule has 4 rings (SSSR count). The summed E-state index contributed by atoms with van der Waals surface area (Å²) < 4.78 is 45.2. The highest BCUT2D eigenvalue weighted by Crippen LogP contribution is 2.33. The molecule has 7 nitrogen and oxygen atoms in total. The Kier molecular flexibility index (Phi) is 4.53. The molecule has 0 aliphatic carbocycles. The molecular formula is C19H14F3N5O2. The molecule has 4 aromatic rings. The van der Waals surface area contributed by atoms with E-state index < -0.39 is 18.0 Å². The third-order valence-corrected chi connectivity index (χ3v) is 4.52. The Morgan fingerprint density at radius 2 is 1.86 bits per heavy atom. The molecule has 0 spiro atoms. The van der Waals surface area contributed by atoms with Gasteiger partial charge in [-0.3, -0.25) is 9.20 Å². The topological polar surface area (TPSA) is 74.3 Å². The summed E-state index contributed by atoms with van der Waals surface area (Å²) in [4.78, 5) is 20.6. The maximum atomic E-state index is 13.1. The van der Waals surface area contributed by atoms with Gasteiger partial charge in [0.1, 0.15) is 17.6 Å². The van der Waals surface area contributed by atoms with Gasteiger partial charge in [0, 0.05) is 11.3 Å². The maximum absolute atomic E-state index is 13.1. The van der Waals surface area contributed by atoms with Crippen molar-refractivity contribution in [2.24, 2.45) is 0 Å². The zero-order valence-electron chi connectivity index (χ0n) is 15.3. The van der Waals surface area contributed by atoms with Gasteiger partial charge < -0.3 is 4.74 Å². The highest BCUT2D eigenvalue weighted by molar-refractivity contribution is 5.79. The molecule has 0 amide bonds. The van der Waals surface area contributed by atoms with Crippen LogP contribution in [-0.2, 0) is 0 Å². The summed E-state index contributed by atoms with van der Waals surface area (Å²) >= 11 is 0. The van der Waals surface area contributed by atoms with Gasteiger partial charge in [0.15, 0.2) is 5.82 Å². The Morgan fingerprint density at radius 1 is 1.14 bits per heavy atom. The fraction of sp³-hybridized carbons (Fsp3) is 0.158. The van der Waals surface area contributed by atoms with Crippen LogP contribution in [0, 0.1) is 19.7 Å². The van der Waals surface area contributed by atoms with Crippen molar-refractivity contribution in [2.75, 3.05) is 0 Å². The van der Waals surface area contributed by atoms with Gasteiger partial charge in [-0.05, 0) is 37.1 Å². The highest BCUT2D eigenvalue weighted by Gasteiger charge is 2.20. The normalized spacial score (nSPS) is 11.4. The van der Waals surface area contributed by atoms with E-state index >= 15 is 0 Å². The minimum absolute atomic E-state index is 0.0156. The summed E-state index contributed by atoms with van der Waals surface area (Å²) in [7, 11) is 0. The average Bonchev–Trinajstić information content (AvgIpc) is 2.94. The zero-order valence-corrected chi connectivity index (χ0v) is 15.3. The van der Waals surface area contributed by atoms with Crippen molar-refractivity contribution in [1.29, 1.82) is 0 Å². The fourth-order valence-electron chi connectivity index (χ4n) is 3.33. The number of benzene rings is 1. The van der Waals surface area contributed by atoms with Crippen LogP contribution in [0.3, 0.4) is 0 Å². The molecule has 148 valence electrons.